The first kappa shape index (κ1) is 28.1. The molecular weight excluding hydrogens is 517 g/mol. The molecule has 0 bridgehead atoms. The molecule has 0 heterocycles. The zero-order chi connectivity index (χ0) is 27.0. The highest BCUT2D eigenvalue weighted by atomic mass is 35.5. The smallest absolute Gasteiger partial charge is 0.264 e. The van der Waals surface area contributed by atoms with Crippen LogP contribution < -0.4 is 9.62 Å². The minimum Gasteiger partial charge on any atom is -0.354 e. The highest BCUT2D eigenvalue weighted by Crippen LogP contribution is 2.25. The monoisotopic (exact) mass is 545 g/mol. The Bertz CT molecular complexity index is 1300. The van der Waals surface area contributed by atoms with E-state index >= 15 is 0 Å². The first-order chi connectivity index (χ1) is 17.6. The van der Waals surface area contributed by atoms with E-state index in [2.05, 4.69) is 5.32 Å². The van der Waals surface area contributed by atoms with Gasteiger partial charge in [-0.05, 0) is 67.4 Å². The number of carbonyl (C=O) groups excluding carboxylic acids is 2. The summed E-state index contributed by atoms with van der Waals surface area (Å²) >= 11 is 5.94. The van der Waals surface area contributed by atoms with Crippen molar-refractivity contribution in [2.45, 2.75) is 37.8 Å². The third-order valence-electron chi connectivity index (χ3n) is 5.71. The van der Waals surface area contributed by atoms with Gasteiger partial charge in [-0.3, -0.25) is 13.9 Å². The molecule has 7 nitrogen and oxygen atoms in total. The normalized spacial score (nSPS) is 12.0. The molecule has 1 N–H and O–H groups in total. The van der Waals surface area contributed by atoms with E-state index in [1.165, 1.54) is 53.4 Å². The Morgan fingerprint density at radius 3 is 2.19 bits per heavy atom. The molecular formula is C27H29ClFN3O4S. The Balaban J connectivity index is 1.98. The lowest BCUT2D eigenvalue weighted by Crippen LogP contribution is -2.51. The zero-order valence-electron chi connectivity index (χ0n) is 20.6. The highest BCUT2D eigenvalue weighted by Gasteiger charge is 2.32. The number of benzene rings is 3. The maximum absolute atomic E-state index is 13.7. The number of nitrogens with one attached hydrogen (secondary N) is 1. The summed E-state index contributed by atoms with van der Waals surface area (Å²) in [6, 6.07) is 18.6. The lowest BCUT2D eigenvalue weighted by molar-refractivity contribution is -0.139. The van der Waals surface area contributed by atoms with E-state index in [9.17, 15) is 22.4 Å². The van der Waals surface area contributed by atoms with Crippen LogP contribution in [0.4, 0.5) is 10.1 Å². The molecule has 0 saturated heterocycles. The predicted octanol–water partition coefficient (Wildman–Crippen LogP) is 4.62. The van der Waals surface area contributed by atoms with Crippen molar-refractivity contribution in [3.63, 3.8) is 0 Å². The summed E-state index contributed by atoms with van der Waals surface area (Å²) in [5.41, 5.74) is 0.882. The van der Waals surface area contributed by atoms with Gasteiger partial charge in [0.15, 0.2) is 0 Å². The van der Waals surface area contributed by atoms with Crippen LogP contribution in [0.25, 0.3) is 0 Å². The molecule has 0 aliphatic carbocycles. The molecule has 3 rings (SSSR count). The fourth-order valence-electron chi connectivity index (χ4n) is 3.62. The number of anilines is 1. The van der Waals surface area contributed by atoms with Crippen LogP contribution in [0.1, 0.15) is 25.8 Å². The van der Waals surface area contributed by atoms with Crippen LogP contribution in [-0.2, 0) is 26.2 Å². The first-order valence-corrected chi connectivity index (χ1v) is 13.6. The summed E-state index contributed by atoms with van der Waals surface area (Å²) in [6.07, 6.45) is 0.714. The molecule has 2 amide bonds. The van der Waals surface area contributed by atoms with E-state index < -0.39 is 34.3 Å². The van der Waals surface area contributed by atoms with Crippen molar-refractivity contribution >= 4 is 39.1 Å². The van der Waals surface area contributed by atoms with Crippen molar-refractivity contribution in [1.82, 2.24) is 10.2 Å². The second-order valence-corrected chi connectivity index (χ2v) is 10.7. The van der Waals surface area contributed by atoms with Crippen LogP contribution in [0.15, 0.2) is 83.8 Å². The number of rotatable bonds is 11. The van der Waals surface area contributed by atoms with E-state index in [1.807, 2.05) is 6.92 Å². The van der Waals surface area contributed by atoms with E-state index in [1.54, 1.807) is 37.3 Å². The molecule has 37 heavy (non-hydrogen) atoms. The largest absolute Gasteiger partial charge is 0.354 e. The van der Waals surface area contributed by atoms with Crippen LogP contribution >= 0.6 is 11.6 Å². The minimum absolute atomic E-state index is 0.0105. The first-order valence-electron chi connectivity index (χ1n) is 11.8. The molecule has 1 unspecified atom stereocenters. The van der Waals surface area contributed by atoms with Crippen LogP contribution in [0, 0.1) is 5.82 Å². The topological polar surface area (TPSA) is 86.8 Å². The lowest BCUT2D eigenvalue weighted by atomic mass is 10.1. The molecule has 0 fully saturated rings. The third kappa shape index (κ3) is 7.30. The van der Waals surface area contributed by atoms with Gasteiger partial charge in [0.25, 0.3) is 10.0 Å². The van der Waals surface area contributed by atoms with Gasteiger partial charge in [0.05, 0.1) is 10.6 Å². The number of para-hydroxylation sites is 1. The highest BCUT2D eigenvalue weighted by molar-refractivity contribution is 7.92. The molecule has 196 valence electrons. The van der Waals surface area contributed by atoms with Crippen molar-refractivity contribution in [2.24, 2.45) is 0 Å². The van der Waals surface area contributed by atoms with E-state index in [-0.39, 0.29) is 23.0 Å². The Labute approximate surface area is 221 Å². The molecule has 0 spiro atoms. The molecule has 0 aliphatic heterocycles. The second-order valence-electron chi connectivity index (χ2n) is 8.42. The Hall–Kier alpha value is -3.43. The van der Waals surface area contributed by atoms with Gasteiger partial charge in [0.2, 0.25) is 11.8 Å². The van der Waals surface area contributed by atoms with Crippen molar-refractivity contribution in [3.05, 3.63) is 95.3 Å². The molecule has 10 heteroatoms. The molecule has 3 aromatic carbocycles. The molecule has 0 saturated carbocycles. The van der Waals surface area contributed by atoms with Gasteiger partial charge in [0, 0.05) is 18.1 Å². The summed E-state index contributed by atoms with van der Waals surface area (Å²) in [5, 5.41) is 3.15. The number of carbonyl (C=O) groups is 2. The van der Waals surface area contributed by atoms with Gasteiger partial charge in [-0.1, -0.05) is 48.9 Å². The minimum atomic E-state index is -4.16. The van der Waals surface area contributed by atoms with E-state index in [0.29, 0.717) is 23.6 Å². The molecule has 0 aromatic heterocycles. The average Bonchev–Trinajstić information content (AvgIpc) is 2.90. The molecule has 0 radical (unpaired) electrons. The number of hydrogen-bond donors (Lipinski definition) is 1. The number of halogens is 2. The number of nitrogens with zero attached hydrogens (tertiary/aromatic N) is 2. The van der Waals surface area contributed by atoms with Crippen molar-refractivity contribution < 1.29 is 22.4 Å². The zero-order valence-corrected chi connectivity index (χ0v) is 22.2. The Morgan fingerprint density at radius 1 is 0.973 bits per heavy atom. The number of amides is 2. The summed E-state index contributed by atoms with van der Waals surface area (Å²) in [6.45, 7) is 3.35. The molecule has 1 atom stereocenters. The standard InChI is InChI=1S/C27H29ClFN3O4S/c1-3-17-30-27(34)20(2)31(18-21-9-13-23(29)14-10-21)26(33)19-32(24-7-5-4-6-8-24)37(35,36)25-15-11-22(28)12-16-25/h4-16,20H,3,17-19H2,1-2H3,(H,30,34). The average molecular weight is 546 g/mol. The fraction of sp³-hybridized carbons (Fsp3) is 0.259. The summed E-state index contributed by atoms with van der Waals surface area (Å²) in [4.78, 5) is 27.7. The van der Waals surface area contributed by atoms with Crippen LogP contribution in [-0.4, -0.2) is 44.3 Å². The predicted molar refractivity (Wildman–Crippen MR) is 142 cm³/mol. The number of sulfonamides is 1. The van der Waals surface area contributed by atoms with E-state index in [4.69, 9.17) is 11.6 Å². The Morgan fingerprint density at radius 2 is 1.59 bits per heavy atom. The Kier molecular flexibility index (Phi) is 9.66. The van der Waals surface area contributed by atoms with Crippen LogP contribution in [0.2, 0.25) is 5.02 Å². The van der Waals surface area contributed by atoms with Gasteiger partial charge in [-0.25, -0.2) is 12.8 Å². The summed E-state index contributed by atoms with van der Waals surface area (Å²) < 4.78 is 41.7. The van der Waals surface area contributed by atoms with Gasteiger partial charge in [-0.15, -0.1) is 0 Å². The quantitative estimate of drug-likeness (QED) is 0.381. The van der Waals surface area contributed by atoms with Gasteiger partial charge < -0.3 is 10.2 Å². The van der Waals surface area contributed by atoms with Crippen molar-refractivity contribution in [1.29, 1.82) is 0 Å². The fourth-order valence-corrected chi connectivity index (χ4v) is 5.16. The van der Waals surface area contributed by atoms with Gasteiger partial charge in [0.1, 0.15) is 18.4 Å². The van der Waals surface area contributed by atoms with E-state index in [0.717, 1.165) is 4.31 Å². The maximum Gasteiger partial charge on any atom is 0.264 e. The van der Waals surface area contributed by atoms with Crippen molar-refractivity contribution in [3.8, 4) is 0 Å². The van der Waals surface area contributed by atoms with Gasteiger partial charge >= 0.3 is 0 Å². The van der Waals surface area contributed by atoms with Crippen molar-refractivity contribution in [2.75, 3.05) is 17.4 Å². The lowest BCUT2D eigenvalue weighted by Gasteiger charge is -2.32. The summed E-state index contributed by atoms with van der Waals surface area (Å²) in [5.74, 6) is -1.39. The molecule has 0 aliphatic rings. The summed E-state index contributed by atoms with van der Waals surface area (Å²) in [7, 11) is -4.16. The van der Waals surface area contributed by atoms with Crippen LogP contribution in [0.3, 0.4) is 0 Å². The molecule has 3 aromatic rings. The van der Waals surface area contributed by atoms with Gasteiger partial charge in [-0.2, -0.15) is 0 Å². The second kappa shape index (κ2) is 12.7. The maximum atomic E-state index is 13.7. The third-order valence-corrected chi connectivity index (χ3v) is 7.75. The number of hydrogen-bond acceptors (Lipinski definition) is 4. The van der Waals surface area contributed by atoms with Crippen LogP contribution in [0.5, 0.6) is 0 Å². The SMILES string of the molecule is CCCNC(=O)C(C)N(Cc1ccc(F)cc1)C(=O)CN(c1ccccc1)S(=O)(=O)c1ccc(Cl)cc1.